The van der Waals surface area contributed by atoms with Gasteiger partial charge in [0.25, 0.3) is 0 Å². The lowest BCUT2D eigenvalue weighted by molar-refractivity contribution is -0.107. The van der Waals surface area contributed by atoms with Crippen LogP contribution in [0.4, 0.5) is 0 Å². The molecule has 0 aliphatic carbocycles. The SMILES string of the molecule is CCC(C)=CCCC=O. The predicted octanol–water partition coefficient (Wildman–Crippen LogP) is 2.32. The molecule has 1 nitrogen and oxygen atoms in total. The summed E-state index contributed by atoms with van der Waals surface area (Å²) < 4.78 is 0. The van der Waals surface area contributed by atoms with Crippen LogP contribution in [0.2, 0.25) is 0 Å². The van der Waals surface area contributed by atoms with Crippen LogP contribution in [0.15, 0.2) is 11.6 Å². The Morgan fingerprint density at radius 2 is 2.11 bits per heavy atom. The first-order chi connectivity index (χ1) is 4.31. The Morgan fingerprint density at radius 1 is 1.44 bits per heavy atom. The Hall–Kier alpha value is -0.590. The number of hydrogen-bond donors (Lipinski definition) is 0. The van der Waals surface area contributed by atoms with Crippen molar-refractivity contribution in [1.29, 1.82) is 0 Å². The monoisotopic (exact) mass is 126 g/mol. The molecule has 0 aromatic heterocycles. The summed E-state index contributed by atoms with van der Waals surface area (Å²) in [6, 6.07) is 0. The lowest BCUT2D eigenvalue weighted by Crippen LogP contribution is -1.74. The summed E-state index contributed by atoms with van der Waals surface area (Å²) >= 11 is 0. The lowest BCUT2D eigenvalue weighted by Gasteiger charge is -1.90. The highest BCUT2D eigenvalue weighted by Crippen LogP contribution is 2.00. The molecule has 0 saturated heterocycles. The van der Waals surface area contributed by atoms with Gasteiger partial charge in [0.15, 0.2) is 0 Å². The molecule has 0 saturated carbocycles. The van der Waals surface area contributed by atoms with Crippen molar-refractivity contribution < 1.29 is 4.79 Å². The van der Waals surface area contributed by atoms with Crippen LogP contribution in [0.25, 0.3) is 0 Å². The van der Waals surface area contributed by atoms with E-state index in [1.54, 1.807) is 0 Å². The topological polar surface area (TPSA) is 17.1 Å². The highest BCUT2D eigenvalue weighted by Gasteiger charge is 1.82. The van der Waals surface area contributed by atoms with Gasteiger partial charge in [-0.3, -0.25) is 0 Å². The first kappa shape index (κ1) is 8.41. The fourth-order valence-corrected chi connectivity index (χ4v) is 0.542. The number of carbonyl (C=O) groups is 1. The van der Waals surface area contributed by atoms with Gasteiger partial charge in [-0.25, -0.2) is 0 Å². The van der Waals surface area contributed by atoms with E-state index in [9.17, 15) is 4.79 Å². The molecular weight excluding hydrogens is 112 g/mol. The van der Waals surface area contributed by atoms with Crippen molar-refractivity contribution >= 4 is 6.29 Å². The molecule has 0 aliphatic rings. The van der Waals surface area contributed by atoms with E-state index in [1.165, 1.54) is 5.57 Å². The van der Waals surface area contributed by atoms with Crippen molar-refractivity contribution in [3.63, 3.8) is 0 Å². The maximum Gasteiger partial charge on any atom is 0.120 e. The molecule has 0 N–H and O–H groups in total. The van der Waals surface area contributed by atoms with E-state index in [-0.39, 0.29) is 0 Å². The molecule has 0 aromatic carbocycles. The zero-order valence-electron chi connectivity index (χ0n) is 6.18. The highest BCUT2D eigenvalue weighted by atomic mass is 16.1. The molecule has 0 aliphatic heterocycles. The van der Waals surface area contributed by atoms with Gasteiger partial charge in [0.1, 0.15) is 6.29 Å². The standard InChI is InChI=1S/C8H14O/c1-3-8(2)6-4-5-7-9/h6-7H,3-5H2,1-2H3. The minimum absolute atomic E-state index is 0.664. The Bertz CT molecular complexity index is 103. The van der Waals surface area contributed by atoms with Gasteiger partial charge in [-0.2, -0.15) is 0 Å². The molecule has 0 rings (SSSR count). The molecular formula is C8H14O. The van der Waals surface area contributed by atoms with Crippen molar-refractivity contribution in [2.75, 3.05) is 0 Å². The van der Waals surface area contributed by atoms with Crippen LogP contribution in [-0.2, 0) is 4.79 Å². The summed E-state index contributed by atoms with van der Waals surface area (Å²) in [5, 5.41) is 0. The van der Waals surface area contributed by atoms with Crippen molar-refractivity contribution in [2.24, 2.45) is 0 Å². The molecule has 0 heterocycles. The van der Waals surface area contributed by atoms with Crippen LogP contribution in [0.5, 0.6) is 0 Å². The van der Waals surface area contributed by atoms with Gasteiger partial charge in [-0.05, 0) is 19.8 Å². The van der Waals surface area contributed by atoms with E-state index in [4.69, 9.17) is 0 Å². The summed E-state index contributed by atoms with van der Waals surface area (Å²) in [5.41, 5.74) is 1.37. The Morgan fingerprint density at radius 3 is 2.56 bits per heavy atom. The van der Waals surface area contributed by atoms with Crippen LogP contribution in [0, 0.1) is 0 Å². The van der Waals surface area contributed by atoms with Gasteiger partial charge in [0.05, 0.1) is 0 Å². The maximum atomic E-state index is 9.85. The van der Waals surface area contributed by atoms with E-state index in [1.807, 2.05) is 0 Å². The summed E-state index contributed by atoms with van der Waals surface area (Å²) in [7, 11) is 0. The Labute approximate surface area is 56.8 Å². The number of carbonyl (C=O) groups excluding carboxylic acids is 1. The lowest BCUT2D eigenvalue weighted by atomic mass is 10.2. The number of rotatable bonds is 4. The fraction of sp³-hybridized carbons (Fsp3) is 0.625. The van der Waals surface area contributed by atoms with Crippen molar-refractivity contribution in [1.82, 2.24) is 0 Å². The zero-order valence-corrected chi connectivity index (χ0v) is 6.18. The third kappa shape index (κ3) is 5.28. The van der Waals surface area contributed by atoms with Gasteiger partial charge >= 0.3 is 0 Å². The van der Waals surface area contributed by atoms with Crippen LogP contribution < -0.4 is 0 Å². The highest BCUT2D eigenvalue weighted by molar-refractivity contribution is 5.49. The molecule has 9 heavy (non-hydrogen) atoms. The van der Waals surface area contributed by atoms with Crippen LogP contribution >= 0.6 is 0 Å². The first-order valence-electron chi connectivity index (χ1n) is 3.40. The molecule has 0 aromatic rings. The van der Waals surface area contributed by atoms with Crippen LogP contribution in [0.3, 0.4) is 0 Å². The predicted molar refractivity (Wildman–Crippen MR) is 39.3 cm³/mol. The Kier molecular flexibility index (Phi) is 5.18. The smallest absolute Gasteiger partial charge is 0.120 e. The van der Waals surface area contributed by atoms with Crippen LogP contribution in [0.1, 0.15) is 33.1 Å². The molecule has 0 atom stereocenters. The summed E-state index contributed by atoms with van der Waals surface area (Å²) in [5.74, 6) is 0. The molecule has 0 unspecified atom stereocenters. The fourth-order valence-electron chi connectivity index (χ4n) is 0.542. The average molecular weight is 126 g/mol. The number of allylic oxidation sites excluding steroid dienone is 2. The second-order valence-electron chi connectivity index (χ2n) is 2.15. The van der Waals surface area contributed by atoms with E-state index in [0.717, 1.165) is 19.1 Å². The largest absolute Gasteiger partial charge is 0.303 e. The van der Waals surface area contributed by atoms with Crippen molar-refractivity contribution in [3.8, 4) is 0 Å². The minimum Gasteiger partial charge on any atom is -0.303 e. The van der Waals surface area contributed by atoms with Gasteiger partial charge in [-0.15, -0.1) is 0 Å². The Balaban J connectivity index is 3.31. The second-order valence-corrected chi connectivity index (χ2v) is 2.15. The van der Waals surface area contributed by atoms with E-state index in [2.05, 4.69) is 19.9 Å². The molecule has 0 fully saturated rings. The summed E-state index contributed by atoms with van der Waals surface area (Å²) in [6.45, 7) is 4.21. The van der Waals surface area contributed by atoms with Gasteiger partial charge in [0, 0.05) is 6.42 Å². The molecule has 0 bridgehead atoms. The van der Waals surface area contributed by atoms with Crippen LogP contribution in [-0.4, -0.2) is 6.29 Å². The van der Waals surface area contributed by atoms with Crippen molar-refractivity contribution in [2.45, 2.75) is 33.1 Å². The molecule has 0 amide bonds. The number of aldehydes is 1. The van der Waals surface area contributed by atoms with E-state index in [0.29, 0.717) is 6.42 Å². The molecule has 0 radical (unpaired) electrons. The van der Waals surface area contributed by atoms with Crippen molar-refractivity contribution in [3.05, 3.63) is 11.6 Å². The molecule has 1 heteroatoms. The quantitative estimate of drug-likeness (QED) is 0.321. The number of hydrogen-bond acceptors (Lipinski definition) is 1. The van der Waals surface area contributed by atoms with E-state index >= 15 is 0 Å². The third-order valence-electron chi connectivity index (χ3n) is 1.33. The average Bonchev–Trinajstić information content (AvgIpc) is 1.89. The molecule has 0 spiro atoms. The summed E-state index contributed by atoms with van der Waals surface area (Å²) in [4.78, 5) is 9.85. The first-order valence-corrected chi connectivity index (χ1v) is 3.40. The van der Waals surface area contributed by atoms with Gasteiger partial charge in [0.2, 0.25) is 0 Å². The normalized spacial score (nSPS) is 11.6. The number of unbranched alkanes of at least 4 members (excludes halogenated alkanes) is 1. The van der Waals surface area contributed by atoms with Gasteiger partial charge in [-0.1, -0.05) is 18.6 Å². The molecule has 52 valence electrons. The zero-order chi connectivity index (χ0) is 7.11. The van der Waals surface area contributed by atoms with E-state index < -0.39 is 0 Å². The summed E-state index contributed by atoms with van der Waals surface area (Å²) in [6.07, 6.45) is 5.74. The minimum atomic E-state index is 0.664. The van der Waals surface area contributed by atoms with Gasteiger partial charge < -0.3 is 4.79 Å². The third-order valence-corrected chi connectivity index (χ3v) is 1.33. The second kappa shape index (κ2) is 5.54. The maximum absolute atomic E-state index is 9.85.